The zero-order valence-electron chi connectivity index (χ0n) is 18.9. The van der Waals surface area contributed by atoms with E-state index in [4.69, 9.17) is 4.74 Å². The van der Waals surface area contributed by atoms with Crippen molar-refractivity contribution in [2.24, 2.45) is 0 Å². The summed E-state index contributed by atoms with van der Waals surface area (Å²) in [6, 6.07) is 18.1. The summed E-state index contributed by atoms with van der Waals surface area (Å²) in [5.74, 6) is 0.424. The van der Waals surface area contributed by atoms with Gasteiger partial charge in [0.2, 0.25) is 0 Å². The third kappa shape index (κ3) is 6.51. The average molecular weight is 437 g/mol. The van der Waals surface area contributed by atoms with E-state index in [2.05, 4.69) is 34.7 Å². The van der Waals surface area contributed by atoms with Gasteiger partial charge in [-0.2, -0.15) is 0 Å². The van der Waals surface area contributed by atoms with Crippen molar-refractivity contribution in [3.63, 3.8) is 0 Å². The van der Waals surface area contributed by atoms with Crippen LogP contribution in [0, 0.1) is 5.82 Å². The number of nitrogens with one attached hydrogen (secondary N) is 2. The number of rotatable bonds is 8. The van der Waals surface area contributed by atoms with Crippen LogP contribution >= 0.6 is 0 Å². The number of alkyl carbamates (subject to hydrolysis) is 1. The summed E-state index contributed by atoms with van der Waals surface area (Å²) in [5.41, 5.74) is 3.42. The molecule has 3 aromatic rings. The van der Waals surface area contributed by atoms with Crippen LogP contribution in [-0.2, 0) is 16.7 Å². The normalized spacial score (nSPS) is 11.3. The lowest BCUT2D eigenvalue weighted by Crippen LogP contribution is -2.28. The molecule has 2 aromatic carbocycles. The van der Waals surface area contributed by atoms with Crippen LogP contribution in [0.15, 0.2) is 60.7 Å². The summed E-state index contributed by atoms with van der Waals surface area (Å²) in [4.78, 5) is 11.7. The number of halogens is 1. The average Bonchev–Trinajstić information content (AvgIpc) is 2.77. The highest BCUT2D eigenvalue weighted by atomic mass is 19.1. The Morgan fingerprint density at radius 1 is 1.06 bits per heavy atom. The number of carbonyl (C=O) groups is 1. The molecule has 7 heteroatoms. The minimum atomic E-state index is -0.441. The van der Waals surface area contributed by atoms with Gasteiger partial charge in [0.05, 0.1) is 11.8 Å². The van der Waals surface area contributed by atoms with Crippen LogP contribution in [0.1, 0.15) is 38.8 Å². The zero-order valence-corrected chi connectivity index (χ0v) is 18.9. The van der Waals surface area contributed by atoms with Crippen LogP contribution < -0.4 is 10.6 Å². The van der Waals surface area contributed by atoms with Crippen LogP contribution in [-0.4, -0.2) is 28.9 Å². The van der Waals surface area contributed by atoms with Crippen molar-refractivity contribution >= 4 is 11.9 Å². The summed E-state index contributed by atoms with van der Waals surface area (Å²) < 4.78 is 18.3. The van der Waals surface area contributed by atoms with Gasteiger partial charge in [-0.1, -0.05) is 44.2 Å². The van der Waals surface area contributed by atoms with Crippen LogP contribution in [0.5, 0.6) is 0 Å². The maximum Gasteiger partial charge on any atom is 0.407 e. The molecule has 1 heterocycles. The Hall–Kier alpha value is -3.48. The summed E-state index contributed by atoms with van der Waals surface area (Å²) >= 11 is 0. The Morgan fingerprint density at radius 3 is 2.47 bits per heavy atom. The minimum Gasteiger partial charge on any atom is -0.447 e. The van der Waals surface area contributed by atoms with E-state index in [0.29, 0.717) is 18.9 Å². The van der Waals surface area contributed by atoms with E-state index in [1.54, 1.807) is 26.0 Å². The van der Waals surface area contributed by atoms with Crippen molar-refractivity contribution in [2.75, 3.05) is 11.9 Å². The Bertz CT molecular complexity index is 1030. The second-order valence-corrected chi connectivity index (χ2v) is 8.56. The number of carbonyl (C=O) groups excluding carboxylic acids is 1. The standard InChI is InChI=1S/C25H29FN4O2/c1-17(2)32-24(31)27-15-18-6-5-7-19(14-18)22-12-13-23(30-29-22)28-16-25(3,4)20-8-10-21(26)11-9-20/h5-14,17H,15-16H2,1-4H3,(H,27,31)(H,28,30). The lowest BCUT2D eigenvalue weighted by molar-refractivity contribution is 0.115. The maximum atomic E-state index is 13.2. The molecule has 168 valence electrons. The van der Waals surface area contributed by atoms with Crippen molar-refractivity contribution in [3.05, 3.63) is 77.6 Å². The van der Waals surface area contributed by atoms with Gasteiger partial charge in [0, 0.05) is 24.1 Å². The van der Waals surface area contributed by atoms with Gasteiger partial charge >= 0.3 is 6.09 Å². The van der Waals surface area contributed by atoms with E-state index in [0.717, 1.165) is 22.4 Å². The SMILES string of the molecule is CC(C)OC(=O)NCc1cccc(-c2ccc(NCC(C)(C)c3ccc(F)cc3)nn2)c1. The molecule has 0 radical (unpaired) electrons. The van der Waals surface area contributed by atoms with Crippen LogP contribution in [0.4, 0.5) is 15.0 Å². The fraction of sp³-hybridized carbons (Fsp3) is 0.320. The van der Waals surface area contributed by atoms with Crippen molar-refractivity contribution in [3.8, 4) is 11.3 Å². The number of anilines is 1. The van der Waals surface area contributed by atoms with Gasteiger partial charge in [0.25, 0.3) is 0 Å². The molecule has 0 aliphatic carbocycles. The summed E-state index contributed by atoms with van der Waals surface area (Å²) in [5, 5.41) is 14.7. The first-order valence-electron chi connectivity index (χ1n) is 10.6. The number of hydrogen-bond donors (Lipinski definition) is 2. The van der Waals surface area contributed by atoms with Gasteiger partial charge in [-0.3, -0.25) is 0 Å². The monoisotopic (exact) mass is 436 g/mol. The molecule has 32 heavy (non-hydrogen) atoms. The highest BCUT2D eigenvalue weighted by Gasteiger charge is 2.20. The number of aromatic nitrogens is 2. The maximum absolute atomic E-state index is 13.2. The van der Waals surface area contributed by atoms with Crippen LogP contribution in [0.25, 0.3) is 11.3 Å². The van der Waals surface area contributed by atoms with Gasteiger partial charge in [0.15, 0.2) is 0 Å². The number of ether oxygens (including phenoxy) is 1. The number of benzene rings is 2. The first-order valence-corrected chi connectivity index (χ1v) is 10.6. The summed E-state index contributed by atoms with van der Waals surface area (Å²) in [7, 11) is 0. The molecule has 6 nitrogen and oxygen atoms in total. The molecular formula is C25H29FN4O2. The Morgan fingerprint density at radius 2 is 1.81 bits per heavy atom. The second-order valence-electron chi connectivity index (χ2n) is 8.56. The molecule has 3 rings (SSSR count). The Balaban J connectivity index is 1.60. The van der Waals surface area contributed by atoms with E-state index in [-0.39, 0.29) is 17.3 Å². The lowest BCUT2D eigenvalue weighted by atomic mass is 9.84. The zero-order chi connectivity index (χ0) is 23.1. The molecule has 1 amide bonds. The largest absolute Gasteiger partial charge is 0.447 e. The van der Waals surface area contributed by atoms with Gasteiger partial charge in [-0.05, 0) is 55.3 Å². The molecule has 0 saturated heterocycles. The number of amides is 1. The Labute approximate surface area is 188 Å². The molecule has 0 bridgehead atoms. The highest BCUT2D eigenvalue weighted by Crippen LogP contribution is 2.24. The fourth-order valence-corrected chi connectivity index (χ4v) is 3.17. The highest BCUT2D eigenvalue weighted by molar-refractivity contribution is 5.67. The van der Waals surface area contributed by atoms with Crippen molar-refractivity contribution in [2.45, 2.75) is 45.8 Å². The lowest BCUT2D eigenvalue weighted by Gasteiger charge is -2.25. The molecule has 0 spiro atoms. The van der Waals surface area contributed by atoms with Gasteiger partial charge < -0.3 is 15.4 Å². The third-order valence-electron chi connectivity index (χ3n) is 5.00. The smallest absolute Gasteiger partial charge is 0.407 e. The molecule has 0 saturated carbocycles. The quantitative estimate of drug-likeness (QED) is 0.501. The van der Waals surface area contributed by atoms with Gasteiger partial charge in [-0.25, -0.2) is 9.18 Å². The molecular weight excluding hydrogens is 407 g/mol. The van der Waals surface area contributed by atoms with E-state index in [1.807, 2.05) is 36.4 Å². The van der Waals surface area contributed by atoms with Gasteiger partial charge in [-0.15, -0.1) is 10.2 Å². The van der Waals surface area contributed by atoms with Crippen molar-refractivity contribution in [1.82, 2.24) is 15.5 Å². The molecule has 1 aromatic heterocycles. The van der Waals surface area contributed by atoms with E-state index in [9.17, 15) is 9.18 Å². The predicted molar refractivity (Wildman–Crippen MR) is 124 cm³/mol. The third-order valence-corrected chi connectivity index (χ3v) is 5.00. The first-order chi connectivity index (χ1) is 15.2. The van der Waals surface area contributed by atoms with Crippen molar-refractivity contribution in [1.29, 1.82) is 0 Å². The van der Waals surface area contributed by atoms with Crippen LogP contribution in [0.2, 0.25) is 0 Å². The topological polar surface area (TPSA) is 76.1 Å². The second kappa shape index (κ2) is 10.2. The summed E-state index contributed by atoms with van der Waals surface area (Å²) in [6.07, 6.45) is -0.603. The van der Waals surface area contributed by atoms with E-state index in [1.165, 1.54) is 12.1 Å². The molecule has 0 aliphatic heterocycles. The number of nitrogens with zero attached hydrogens (tertiary/aromatic N) is 2. The molecule has 2 N–H and O–H groups in total. The van der Waals surface area contributed by atoms with Crippen molar-refractivity contribution < 1.29 is 13.9 Å². The first kappa shape index (κ1) is 23.2. The minimum absolute atomic E-state index is 0.162. The van der Waals surface area contributed by atoms with Gasteiger partial charge in [0.1, 0.15) is 11.6 Å². The van der Waals surface area contributed by atoms with E-state index < -0.39 is 6.09 Å². The fourth-order valence-electron chi connectivity index (χ4n) is 3.17. The predicted octanol–water partition coefficient (Wildman–Crippen LogP) is 5.31. The summed E-state index contributed by atoms with van der Waals surface area (Å²) in [6.45, 7) is 8.78. The molecule has 0 fully saturated rings. The molecule has 0 unspecified atom stereocenters. The number of hydrogen-bond acceptors (Lipinski definition) is 5. The molecule has 0 atom stereocenters. The molecule has 0 aliphatic rings. The van der Waals surface area contributed by atoms with E-state index >= 15 is 0 Å². The van der Waals surface area contributed by atoms with Crippen LogP contribution in [0.3, 0.4) is 0 Å². The Kier molecular flexibility index (Phi) is 7.41.